The van der Waals surface area contributed by atoms with Crippen molar-refractivity contribution < 1.29 is 0 Å². The normalized spacial score (nSPS) is 27.8. The van der Waals surface area contributed by atoms with Crippen molar-refractivity contribution in [1.82, 2.24) is 5.32 Å². The molecule has 0 spiro atoms. The van der Waals surface area contributed by atoms with E-state index in [1.54, 1.807) is 5.57 Å². The predicted molar refractivity (Wildman–Crippen MR) is 83.7 cm³/mol. The summed E-state index contributed by atoms with van der Waals surface area (Å²) in [6.07, 6.45) is 11.0. The number of rotatable bonds is 1. The zero-order valence-electron chi connectivity index (χ0n) is 12.5. The largest absolute Gasteiger partial charge is 0.252 e. The molecule has 1 saturated carbocycles. The Morgan fingerprint density at radius 3 is 2.70 bits per heavy atom. The molecule has 1 heterocycles. The van der Waals surface area contributed by atoms with Crippen molar-refractivity contribution in [2.24, 2.45) is 11.3 Å². The quantitative estimate of drug-likeness (QED) is 0.644. The first-order valence-corrected chi connectivity index (χ1v) is 8.32. The molecule has 2 aliphatic carbocycles. The van der Waals surface area contributed by atoms with Crippen LogP contribution in [0.5, 0.6) is 0 Å². The highest BCUT2D eigenvalue weighted by molar-refractivity contribution is 5.82. The van der Waals surface area contributed by atoms with E-state index in [4.69, 9.17) is 5.32 Å². The number of hydrogen-bond acceptors (Lipinski definition) is 0. The lowest BCUT2D eigenvalue weighted by atomic mass is 9.63. The molecule has 1 radical (unpaired) electrons. The minimum absolute atomic E-state index is 0.505. The van der Waals surface area contributed by atoms with Gasteiger partial charge in [0.1, 0.15) is 0 Å². The van der Waals surface area contributed by atoms with Gasteiger partial charge >= 0.3 is 0 Å². The van der Waals surface area contributed by atoms with Gasteiger partial charge in [0, 0.05) is 17.2 Å². The third-order valence-electron chi connectivity index (χ3n) is 5.87. The Bertz CT molecular complexity index is 549. The second-order valence-electron chi connectivity index (χ2n) is 7.15. The lowest BCUT2D eigenvalue weighted by molar-refractivity contribution is 0.128. The average Bonchev–Trinajstić information content (AvgIpc) is 2.86. The molecule has 1 aliphatic heterocycles. The second-order valence-corrected chi connectivity index (χ2v) is 7.15. The maximum absolute atomic E-state index is 5.06. The summed E-state index contributed by atoms with van der Waals surface area (Å²) in [6.45, 7) is 2.53. The van der Waals surface area contributed by atoms with Crippen molar-refractivity contribution in [3.8, 4) is 0 Å². The van der Waals surface area contributed by atoms with Gasteiger partial charge in [0.05, 0.1) is 5.69 Å². The van der Waals surface area contributed by atoms with E-state index in [1.807, 2.05) is 0 Å². The van der Waals surface area contributed by atoms with Gasteiger partial charge in [0.2, 0.25) is 0 Å². The molecule has 1 nitrogen and oxygen atoms in total. The number of para-hydroxylation sites is 1. The van der Waals surface area contributed by atoms with E-state index in [1.165, 1.54) is 68.3 Å². The molecular weight excluding hydrogens is 242 g/mol. The van der Waals surface area contributed by atoms with Crippen LogP contribution in [0.1, 0.15) is 63.9 Å². The van der Waals surface area contributed by atoms with Crippen LogP contribution in [0.2, 0.25) is 0 Å². The summed E-state index contributed by atoms with van der Waals surface area (Å²) in [5, 5.41) is 5.06. The van der Waals surface area contributed by atoms with E-state index in [0.717, 1.165) is 0 Å². The highest BCUT2D eigenvalue weighted by Crippen LogP contribution is 2.54. The summed E-state index contributed by atoms with van der Waals surface area (Å²) < 4.78 is 0. The molecule has 1 atom stereocenters. The molecule has 0 aromatic heterocycles. The summed E-state index contributed by atoms with van der Waals surface area (Å²) in [5.41, 5.74) is 6.19. The minimum Gasteiger partial charge on any atom is -0.252 e. The number of fused-ring (bicyclic) bond motifs is 2. The van der Waals surface area contributed by atoms with Gasteiger partial charge in [0.25, 0.3) is 0 Å². The monoisotopic (exact) mass is 266 g/mol. The zero-order chi connectivity index (χ0) is 13.6. The molecule has 105 valence electrons. The van der Waals surface area contributed by atoms with E-state index in [9.17, 15) is 0 Å². The van der Waals surface area contributed by atoms with E-state index >= 15 is 0 Å². The van der Waals surface area contributed by atoms with Crippen molar-refractivity contribution in [2.45, 2.75) is 58.3 Å². The Labute approximate surface area is 122 Å². The molecule has 1 fully saturated rings. The summed E-state index contributed by atoms with van der Waals surface area (Å²) in [7, 11) is 0. The first kappa shape index (κ1) is 12.5. The van der Waals surface area contributed by atoms with Gasteiger partial charge in [-0.3, -0.25) is 5.32 Å². The first-order valence-electron chi connectivity index (χ1n) is 8.32. The standard InChI is InChI=1S/C19H24N/c1-19(12-5-2-6-13-19)16-10-7-9-15-14-8-3-4-11-17(14)20-18(15)16/h3-4,8,11,16H,2,5-7,9-10,12-13H2,1H3. The van der Waals surface area contributed by atoms with E-state index in [0.29, 0.717) is 11.3 Å². The SMILES string of the molecule is CC1(C2CCCC3=C2[N]c2ccccc23)CCCCC1. The fraction of sp³-hybridized carbons (Fsp3) is 0.579. The maximum atomic E-state index is 5.06. The Balaban J connectivity index is 1.72. The highest BCUT2D eigenvalue weighted by atomic mass is 14.9. The Hall–Kier alpha value is -1.24. The van der Waals surface area contributed by atoms with Crippen LogP contribution in [0.15, 0.2) is 30.0 Å². The first-order chi connectivity index (χ1) is 9.78. The lowest BCUT2D eigenvalue weighted by Crippen LogP contribution is -2.34. The summed E-state index contributed by atoms with van der Waals surface area (Å²) in [6, 6.07) is 8.75. The van der Waals surface area contributed by atoms with Crippen LogP contribution >= 0.6 is 0 Å². The van der Waals surface area contributed by atoms with Crippen molar-refractivity contribution >= 4 is 11.3 Å². The van der Waals surface area contributed by atoms with Gasteiger partial charge in [-0.2, -0.15) is 0 Å². The van der Waals surface area contributed by atoms with E-state index < -0.39 is 0 Å². The molecule has 1 unspecified atom stereocenters. The van der Waals surface area contributed by atoms with Gasteiger partial charge in [-0.15, -0.1) is 0 Å². The zero-order valence-corrected chi connectivity index (χ0v) is 12.5. The minimum atomic E-state index is 0.505. The van der Waals surface area contributed by atoms with E-state index in [-0.39, 0.29) is 0 Å². The smallest absolute Gasteiger partial charge is 0.0708 e. The van der Waals surface area contributed by atoms with Gasteiger partial charge in [0.15, 0.2) is 0 Å². The van der Waals surface area contributed by atoms with Crippen LogP contribution in [-0.4, -0.2) is 0 Å². The number of allylic oxidation sites excluding steroid dienone is 2. The molecule has 0 saturated heterocycles. The molecule has 1 aromatic rings. The third kappa shape index (κ3) is 1.82. The molecule has 0 N–H and O–H groups in total. The number of nitrogens with zero attached hydrogens (tertiary/aromatic N) is 1. The fourth-order valence-corrected chi connectivity index (χ4v) is 4.72. The summed E-state index contributed by atoms with van der Waals surface area (Å²) in [5.74, 6) is 0.707. The predicted octanol–water partition coefficient (Wildman–Crippen LogP) is 5.42. The molecule has 0 bridgehead atoms. The van der Waals surface area contributed by atoms with Crippen LogP contribution in [0, 0.1) is 11.3 Å². The van der Waals surface area contributed by atoms with E-state index in [2.05, 4.69) is 31.2 Å². The van der Waals surface area contributed by atoms with Crippen LogP contribution in [0.25, 0.3) is 5.57 Å². The van der Waals surface area contributed by atoms with Crippen LogP contribution in [-0.2, 0) is 0 Å². The maximum Gasteiger partial charge on any atom is 0.0708 e. The van der Waals surface area contributed by atoms with Crippen molar-refractivity contribution in [1.29, 1.82) is 0 Å². The molecule has 20 heavy (non-hydrogen) atoms. The van der Waals surface area contributed by atoms with Crippen molar-refractivity contribution in [2.75, 3.05) is 0 Å². The van der Waals surface area contributed by atoms with Crippen LogP contribution in [0.4, 0.5) is 5.69 Å². The van der Waals surface area contributed by atoms with Gasteiger partial charge in [-0.25, -0.2) is 0 Å². The van der Waals surface area contributed by atoms with Crippen LogP contribution < -0.4 is 5.32 Å². The number of hydrogen-bond donors (Lipinski definition) is 0. The van der Waals surface area contributed by atoms with Crippen LogP contribution in [0.3, 0.4) is 0 Å². The highest BCUT2D eigenvalue weighted by Gasteiger charge is 2.42. The third-order valence-corrected chi connectivity index (χ3v) is 5.87. The Morgan fingerprint density at radius 2 is 1.85 bits per heavy atom. The molecule has 4 rings (SSSR count). The second kappa shape index (κ2) is 4.65. The molecule has 1 aromatic carbocycles. The number of benzene rings is 1. The molecule has 3 aliphatic rings. The Kier molecular flexibility index (Phi) is 2.90. The Morgan fingerprint density at radius 1 is 1.05 bits per heavy atom. The molecule has 1 heteroatoms. The van der Waals surface area contributed by atoms with Gasteiger partial charge in [-0.1, -0.05) is 44.4 Å². The van der Waals surface area contributed by atoms with Crippen molar-refractivity contribution in [3.63, 3.8) is 0 Å². The lowest BCUT2D eigenvalue weighted by Gasteiger charge is -2.43. The molecule has 0 amide bonds. The average molecular weight is 266 g/mol. The summed E-state index contributed by atoms with van der Waals surface area (Å²) in [4.78, 5) is 0. The molecular formula is C19H24N. The van der Waals surface area contributed by atoms with Gasteiger partial charge < -0.3 is 0 Å². The van der Waals surface area contributed by atoms with Gasteiger partial charge in [-0.05, 0) is 49.2 Å². The van der Waals surface area contributed by atoms with Crippen molar-refractivity contribution in [3.05, 3.63) is 35.5 Å². The summed E-state index contributed by atoms with van der Waals surface area (Å²) >= 11 is 0. The topological polar surface area (TPSA) is 14.1 Å². The fourth-order valence-electron chi connectivity index (χ4n) is 4.72.